The molecule has 0 radical (unpaired) electrons. The van der Waals surface area contributed by atoms with E-state index in [1.54, 1.807) is 5.38 Å². The van der Waals surface area contributed by atoms with Gasteiger partial charge in [-0.1, -0.05) is 13.3 Å². The lowest BCUT2D eigenvalue weighted by atomic mass is 9.97. The smallest absolute Gasteiger partial charge is 0.355 e. The van der Waals surface area contributed by atoms with Crippen LogP contribution in [0.15, 0.2) is 5.38 Å². The number of carbonyl (C=O) groups excluding carboxylic acids is 1. The Morgan fingerprint density at radius 2 is 2.15 bits per heavy atom. The largest absolute Gasteiger partial charge is 0.476 e. The van der Waals surface area contributed by atoms with E-state index in [2.05, 4.69) is 11.9 Å². The highest BCUT2D eigenvalue weighted by Crippen LogP contribution is 2.30. The summed E-state index contributed by atoms with van der Waals surface area (Å²) in [5, 5.41) is 11.4. The van der Waals surface area contributed by atoms with Crippen molar-refractivity contribution in [2.24, 2.45) is 0 Å². The average molecular weight is 296 g/mol. The Balaban J connectivity index is 1.87. The Hall–Kier alpha value is -1.43. The summed E-state index contributed by atoms with van der Waals surface area (Å²) >= 11 is 1.41. The first-order valence-electron chi connectivity index (χ1n) is 7.08. The number of carboxylic acids is 1. The zero-order valence-corrected chi connectivity index (χ0v) is 12.5. The molecule has 1 aromatic heterocycles. The summed E-state index contributed by atoms with van der Waals surface area (Å²) in [6.45, 7) is 3.60. The van der Waals surface area contributed by atoms with E-state index in [0.717, 1.165) is 43.8 Å². The molecule has 0 spiro atoms. The molecule has 0 atom stereocenters. The topological polar surface area (TPSA) is 70.5 Å². The summed E-state index contributed by atoms with van der Waals surface area (Å²) in [4.78, 5) is 28.9. The number of thiazole rings is 1. The molecule has 1 aliphatic heterocycles. The molecule has 20 heavy (non-hydrogen) atoms. The molecule has 0 aliphatic carbocycles. The zero-order valence-electron chi connectivity index (χ0n) is 11.7. The van der Waals surface area contributed by atoms with Gasteiger partial charge in [-0.05, 0) is 19.3 Å². The number of likely N-dealkylation sites (tertiary alicyclic amines) is 1. The number of aromatic nitrogens is 1. The molecule has 2 rings (SSSR count). The molecule has 1 saturated heterocycles. The molecule has 5 nitrogen and oxygen atoms in total. The van der Waals surface area contributed by atoms with Gasteiger partial charge in [-0.2, -0.15) is 0 Å². The average Bonchev–Trinajstić information content (AvgIpc) is 2.95. The van der Waals surface area contributed by atoms with Gasteiger partial charge < -0.3 is 10.0 Å². The summed E-state index contributed by atoms with van der Waals surface area (Å²) in [5.41, 5.74) is 0.131. The van der Waals surface area contributed by atoms with Crippen molar-refractivity contribution in [3.63, 3.8) is 0 Å². The number of hydrogen-bond acceptors (Lipinski definition) is 4. The lowest BCUT2D eigenvalue weighted by Crippen LogP contribution is -2.37. The monoisotopic (exact) mass is 296 g/mol. The summed E-state index contributed by atoms with van der Waals surface area (Å²) in [6.07, 6.45) is 4.39. The molecular weight excluding hydrogens is 276 g/mol. The second-order valence-electron chi connectivity index (χ2n) is 5.13. The van der Waals surface area contributed by atoms with Crippen molar-refractivity contribution in [1.29, 1.82) is 0 Å². The van der Waals surface area contributed by atoms with Crippen molar-refractivity contribution in [2.45, 2.75) is 44.9 Å². The van der Waals surface area contributed by atoms with E-state index in [9.17, 15) is 9.59 Å². The van der Waals surface area contributed by atoms with Crippen molar-refractivity contribution in [3.8, 4) is 0 Å². The van der Waals surface area contributed by atoms with E-state index < -0.39 is 5.97 Å². The van der Waals surface area contributed by atoms with Crippen LogP contribution in [-0.4, -0.2) is 40.0 Å². The fourth-order valence-corrected chi connectivity index (χ4v) is 3.40. The third kappa shape index (κ3) is 3.56. The minimum Gasteiger partial charge on any atom is -0.476 e. The first kappa shape index (κ1) is 15.0. The van der Waals surface area contributed by atoms with E-state index in [0.29, 0.717) is 12.3 Å². The Kier molecular flexibility index (Phi) is 5.11. The highest BCUT2D eigenvalue weighted by molar-refractivity contribution is 7.09. The van der Waals surface area contributed by atoms with Crippen LogP contribution in [0, 0.1) is 0 Å². The van der Waals surface area contributed by atoms with Crippen LogP contribution in [0.2, 0.25) is 0 Å². The van der Waals surface area contributed by atoms with Crippen molar-refractivity contribution < 1.29 is 14.7 Å². The van der Waals surface area contributed by atoms with Crippen molar-refractivity contribution in [2.75, 3.05) is 13.1 Å². The van der Waals surface area contributed by atoms with Gasteiger partial charge in [0.05, 0.1) is 5.01 Å². The van der Waals surface area contributed by atoms with E-state index in [1.807, 2.05) is 4.90 Å². The Bertz CT molecular complexity index is 479. The number of unbranched alkanes of at least 4 members (excludes halogenated alkanes) is 1. The van der Waals surface area contributed by atoms with Crippen LogP contribution in [0.25, 0.3) is 0 Å². The summed E-state index contributed by atoms with van der Waals surface area (Å²) in [7, 11) is 0. The van der Waals surface area contributed by atoms with Crippen LogP contribution in [-0.2, 0) is 4.79 Å². The van der Waals surface area contributed by atoms with Gasteiger partial charge in [-0.3, -0.25) is 4.79 Å². The van der Waals surface area contributed by atoms with Gasteiger partial charge in [-0.25, -0.2) is 9.78 Å². The van der Waals surface area contributed by atoms with Gasteiger partial charge in [0.15, 0.2) is 5.69 Å². The van der Waals surface area contributed by atoms with Crippen LogP contribution in [0.1, 0.15) is 60.4 Å². The van der Waals surface area contributed by atoms with Crippen molar-refractivity contribution >= 4 is 23.2 Å². The predicted molar refractivity (Wildman–Crippen MR) is 77.2 cm³/mol. The standard InChI is InChI=1S/C14H20N2O3S/c1-2-3-4-12(17)16-7-5-10(6-8-16)13-15-11(9-20-13)14(18)19/h9-10H,2-8H2,1H3,(H,18,19). The molecule has 1 aliphatic rings. The van der Waals surface area contributed by atoms with Crippen LogP contribution < -0.4 is 0 Å². The molecule has 6 heteroatoms. The quantitative estimate of drug-likeness (QED) is 0.907. The fraction of sp³-hybridized carbons (Fsp3) is 0.643. The fourth-order valence-electron chi connectivity index (χ4n) is 2.44. The molecule has 110 valence electrons. The van der Waals surface area contributed by atoms with Crippen LogP contribution in [0.5, 0.6) is 0 Å². The van der Waals surface area contributed by atoms with Gasteiger partial charge in [0.1, 0.15) is 0 Å². The van der Waals surface area contributed by atoms with Gasteiger partial charge in [0.25, 0.3) is 0 Å². The van der Waals surface area contributed by atoms with Crippen LogP contribution >= 0.6 is 11.3 Å². The van der Waals surface area contributed by atoms with Gasteiger partial charge in [-0.15, -0.1) is 11.3 Å². The predicted octanol–water partition coefficient (Wildman–Crippen LogP) is 2.74. The number of rotatable bonds is 5. The molecule has 0 bridgehead atoms. The maximum Gasteiger partial charge on any atom is 0.355 e. The Morgan fingerprint density at radius 3 is 2.70 bits per heavy atom. The molecular formula is C14H20N2O3S. The van der Waals surface area contributed by atoms with E-state index in [1.165, 1.54) is 11.3 Å². The van der Waals surface area contributed by atoms with E-state index >= 15 is 0 Å². The number of amides is 1. The second-order valence-corrected chi connectivity index (χ2v) is 6.02. The SMILES string of the molecule is CCCCC(=O)N1CCC(c2nc(C(=O)O)cs2)CC1. The summed E-state index contributed by atoms with van der Waals surface area (Å²) in [5.74, 6) is -0.432. The second kappa shape index (κ2) is 6.83. The number of carboxylic acid groups (broad SMARTS) is 1. The molecule has 0 unspecified atom stereocenters. The molecule has 0 saturated carbocycles. The zero-order chi connectivity index (χ0) is 14.5. The molecule has 1 fully saturated rings. The maximum absolute atomic E-state index is 11.9. The Labute approximate surface area is 122 Å². The molecule has 0 aromatic carbocycles. The third-order valence-electron chi connectivity index (χ3n) is 3.68. The number of hydrogen-bond donors (Lipinski definition) is 1. The third-order valence-corrected chi connectivity index (χ3v) is 4.69. The lowest BCUT2D eigenvalue weighted by Gasteiger charge is -2.31. The lowest BCUT2D eigenvalue weighted by molar-refractivity contribution is -0.132. The number of aromatic carboxylic acids is 1. The number of piperidine rings is 1. The van der Waals surface area contributed by atoms with Gasteiger partial charge >= 0.3 is 5.97 Å². The van der Waals surface area contributed by atoms with Crippen molar-refractivity contribution in [1.82, 2.24) is 9.88 Å². The molecule has 1 aromatic rings. The minimum absolute atomic E-state index is 0.131. The van der Waals surface area contributed by atoms with Gasteiger partial charge in [0.2, 0.25) is 5.91 Å². The highest BCUT2D eigenvalue weighted by atomic mass is 32.1. The van der Waals surface area contributed by atoms with Crippen LogP contribution in [0.4, 0.5) is 0 Å². The van der Waals surface area contributed by atoms with E-state index in [-0.39, 0.29) is 11.6 Å². The summed E-state index contributed by atoms with van der Waals surface area (Å²) in [6, 6.07) is 0. The summed E-state index contributed by atoms with van der Waals surface area (Å²) < 4.78 is 0. The number of carbonyl (C=O) groups is 2. The minimum atomic E-state index is -0.973. The maximum atomic E-state index is 11.9. The molecule has 1 amide bonds. The van der Waals surface area contributed by atoms with E-state index in [4.69, 9.17) is 5.11 Å². The highest BCUT2D eigenvalue weighted by Gasteiger charge is 2.25. The first-order chi connectivity index (χ1) is 9.61. The molecule has 2 heterocycles. The van der Waals surface area contributed by atoms with Crippen LogP contribution in [0.3, 0.4) is 0 Å². The van der Waals surface area contributed by atoms with Crippen molar-refractivity contribution in [3.05, 3.63) is 16.1 Å². The van der Waals surface area contributed by atoms with Gasteiger partial charge in [0, 0.05) is 30.8 Å². The Morgan fingerprint density at radius 1 is 1.45 bits per heavy atom. The number of nitrogens with zero attached hydrogens (tertiary/aromatic N) is 2. The first-order valence-corrected chi connectivity index (χ1v) is 7.96. The molecule has 1 N–H and O–H groups in total. The normalized spacial score (nSPS) is 16.4.